The third-order valence-electron chi connectivity index (χ3n) is 8.46. The fraction of sp³-hybridized carbons (Fsp3) is 0. The van der Waals surface area contributed by atoms with E-state index in [4.69, 9.17) is 0 Å². The number of anilines is 12. The van der Waals surface area contributed by atoms with Crippen LogP contribution in [0.1, 0.15) is 11.1 Å². The Bertz CT molecular complexity index is 2730. The van der Waals surface area contributed by atoms with E-state index >= 15 is 0 Å². The molecule has 0 atom stereocenters. The third kappa shape index (κ3) is 12.9. The van der Waals surface area contributed by atoms with Crippen molar-refractivity contribution in [2.45, 2.75) is 4.90 Å². The van der Waals surface area contributed by atoms with E-state index in [1.807, 2.05) is 121 Å². The molecule has 6 N–H and O–H groups in total. The average Bonchev–Trinajstić information content (AvgIpc) is 3.25. The van der Waals surface area contributed by atoms with Crippen LogP contribution in [0.4, 0.5) is 69.8 Å². The summed E-state index contributed by atoms with van der Waals surface area (Å²) in [6.45, 7) is 0. The predicted octanol–water partition coefficient (Wildman–Crippen LogP) is 3.40. The van der Waals surface area contributed by atoms with Crippen molar-refractivity contribution in [3.05, 3.63) is 175 Å². The molecule has 0 radical (unpaired) electrons. The molecule has 0 amide bonds. The van der Waals surface area contributed by atoms with Crippen LogP contribution in [0.3, 0.4) is 0 Å². The van der Waals surface area contributed by atoms with Crippen molar-refractivity contribution in [2.75, 3.05) is 31.9 Å². The van der Waals surface area contributed by atoms with Crippen LogP contribution in [0.5, 0.6) is 0 Å². The second-order valence-electron chi connectivity index (χ2n) is 12.9. The first-order chi connectivity index (χ1) is 29.3. The second-order valence-corrected chi connectivity index (χ2v) is 14.2. The molecule has 0 aliphatic heterocycles. The molecule has 0 spiro atoms. The van der Waals surface area contributed by atoms with Crippen molar-refractivity contribution in [3.63, 3.8) is 0 Å². The maximum Gasteiger partial charge on any atom is 1.00 e. The van der Waals surface area contributed by atoms with E-state index in [1.54, 1.807) is 30.3 Å². The van der Waals surface area contributed by atoms with Crippen molar-refractivity contribution in [2.24, 2.45) is 0 Å². The summed E-state index contributed by atoms with van der Waals surface area (Å²) in [5.74, 6) is 1.50. The largest absolute Gasteiger partial charge is 1.00 e. The first kappa shape index (κ1) is 45.3. The molecular weight excluding hydrogens is 823 g/mol. The van der Waals surface area contributed by atoms with E-state index < -0.39 is 15.0 Å². The minimum absolute atomic E-state index is 0. The number of nitrogens with zero attached hydrogens (tertiary/aromatic N) is 6. The monoisotopic (exact) mass is 856 g/mol. The van der Waals surface area contributed by atoms with Crippen LogP contribution in [-0.2, 0) is 10.1 Å². The maximum atomic E-state index is 12.5. The topological polar surface area (TPSA) is 207 Å². The molecular formula is C44H34N12Na2O3S. The summed E-state index contributed by atoms with van der Waals surface area (Å²) < 4.78 is 37.6. The number of hydrogen-bond acceptors (Lipinski definition) is 15. The quantitative estimate of drug-likeness (QED) is 0.0378. The van der Waals surface area contributed by atoms with Crippen molar-refractivity contribution >= 4 is 92.1 Å². The number of rotatable bonds is 15. The normalized spacial score (nSPS) is 10.8. The third-order valence-corrected chi connectivity index (χ3v) is 9.36. The molecule has 0 saturated heterocycles. The Balaban J connectivity index is 0.00000321. The van der Waals surface area contributed by atoms with Crippen LogP contribution < -0.4 is 91.0 Å². The molecule has 0 aliphatic rings. The molecule has 18 heteroatoms. The van der Waals surface area contributed by atoms with Crippen LogP contribution >= 0.6 is 0 Å². The van der Waals surface area contributed by atoms with E-state index in [2.05, 4.69) is 67.9 Å². The smallest absolute Gasteiger partial charge is 0.744 e. The van der Waals surface area contributed by atoms with Gasteiger partial charge in [-0.25, -0.2) is 8.42 Å². The van der Waals surface area contributed by atoms with Gasteiger partial charge in [0.15, 0.2) is 0 Å². The molecule has 0 fully saturated rings. The van der Waals surface area contributed by atoms with Crippen molar-refractivity contribution in [1.29, 1.82) is 0 Å². The van der Waals surface area contributed by atoms with Gasteiger partial charge < -0.3 is 36.5 Å². The van der Waals surface area contributed by atoms with Gasteiger partial charge in [-0.2, -0.15) is 35.5 Å². The molecule has 296 valence electrons. The SMILES string of the molecule is O=S(=O)([O-])c1cc(Nc2nc(Nc3ccccc3)nc(Nc3ccccc3)n2)ccc1/C=C/c1[c-]cc(Nc2nc(Nc3ccccc3)nc(Nc3ccccc3)n2)cc1.[Na+].[Na+]. The molecule has 6 aromatic carbocycles. The van der Waals surface area contributed by atoms with Crippen LogP contribution in [0.15, 0.2) is 163 Å². The fourth-order valence-corrected chi connectivity index (χ4v) is 6.41. The van der Waals surface area contributed by atoms with Crippen LogP contribution in [0.25, 0.3) is 12.2 Å². The zero-order valence-electron chi connectivity index (χ0n) is 33.5. The van der Waals surface area contributed by atoms with E-state index in [0.717, 1.165) is 22.7 Å². The first-order valence-corrected chi connectivity index (χ1v) is 19.8. The van der Waals surface area contributed by atoms with Gasteiger partial charge in [0.25, 0.3) is 0 Å². The molecule has 0 saturated carbocycles. The van der Waals surface area contributed by atoms with Gasteiger partial charge in [-0.1, -0.05) is 84.9 Å². The van der Waals surface area contributed by atoms with Gasteiger partial charge in [0, 0.05) is 28.4 Å². The van der Waals surface area contributed by atoms with Crippen molar-refractivity contribution in [1.82, 2.24) is 29.9 Å². The van der Waals surface area contributed by atoms with E-state index in [0.29, 0.717) is 23.1 Å². The van der Waals surface area contributed by atoms with Gasteiger partial charge >= 0.3 is 59.1 Å². The Hall–Kier alpha value is -6.21. The van der Waals surface area contributed by atoms with E-state index in [-0.39, 0.29) is 94.2 Å². The maximum absolute atomic E-state index is 12.5. The summed E-state index contributed by atoms with van der Waals surface area (Å²) in [6, 6.07) is 50.6. The summed E-state index contributed by atoms with van der Waals surface area (Å²) in [6.07, 6.45) is 3.19. The van der Waals surface area contributed by atoms with Crippen LogP contribution in [0.2, 0.25) is 0 Å². The molecule has 0 bridgehead atoms. The van der Waals surface area contributed by atoms with Crippen molar-refractivity contribution < 1.29 is 72.1 Å². The van der Waals surface area contributed by atoms with Crippen LogP contribution in [-0.4, -0.2) is 42.9 Å². The Kier molecular flexibility index (Phi) is 15.7. The number of aromatic nitrogens is 6. The standard InChI is InChI=1S/C44H35N12O3S.2Na/c57-60(58,59)38-29-37(50-44-55-41(47-34-17-9-3-10-18-34)52-42(56-44)48-35-19-11-4-12-20-35)28-25-31(38)24-21-30-22-26-36(27-23-30)49-43-53-39(45-32-13-5-1-6-14-32)51-40(54-43)46-33-15-7-2-8-16-33;;/h1-22,24-29H,(H,57,58,59)(H3,45,46,49,51,53,54)(H3,47,48,50,52,55,56);;/q-1;2*+1/p-1/b24-21+;;. The Morgan fingerprint density at radius 1 is 0.419 bits per heavy atom. The Labute approximate surface area is 402 Å². The van der Waals surface area contributed by atoms with Gasteiger partial charge in [0.2, 0.25) is 35.7 Å². The second kappa shape index (κ2) is 21.5. The summed E-state index contributed by atoms with van der Waals surface area (Å²) in [7, 11) is -4.91. The van der Waals surface area contributed by atoms with Gasteiger partial charge in [-0.3, -0.25) is 0 Å². The van der Waals surface area contributed by atoms with Gasteiger partial charge in [-0.05, 0) is 71.9 Å². The molecule has 15 nitrogen and oxygen atoms in total. The molecule has 8 rings (SSSR count). The Morgan fingerprint density at radius 2 is 0.758 bits per heavy atom. The van der Waals surface area contributed by atoms with E-state index in [9.17, 15) is 13.0 Å². The van der Waals surface area contributed by atoms with Gasteiger partial charge in [-0.15, -0.1) is 30.3 Å². The first-order valence-electron chi connectivity index (χ1n) is 18.4. The summed E-state index contributed by atoms with van der Waals surface area (Å²) in [5, 5.41) is 18.9. The molecule has 62 heavy (non-hydrogen) atoms. The number of para-hydroxylation sites is 4. The molecule has 2 aromatic heterocycles. The average molecular weight is 857 g/mol. The molecule has 2 heterocycles. The van der Waals surface area contributed by atoms with Crippen LogP contribution in [0, 0.1) is 6.07 Å². The summed E-state index contributed by atoms with van der Waals surface area (Å²) in [4.78, 5) is 26.7. The molecule has 8 aromatic rings. The predicted molar refractivity (Wildman–Crippen MR) is 234 cm³/mol. The minimum Gasteiger partial charge on any atom is -0.744 e. The Morgan fingerprint density at radius 3 is 1.10 bits per heavy atom. The molecule has 0 unspecified atom stereocenters. The van der Waals surface area contributed by atoms with Crippen molar-refractivity contribution in [3.8, 4) is 0 Å². The fourth-order valence-electron chi connectivity index (χ4n) is 5.71. The molecule has 0 aliphatic carbocycles. The zero-order valence-corrected chi connectivity index (χ0v) is 38.3. The minimum atomic E-state index is -4.91. The zero-order chi connectivity index (χ0) is 41.2. The summed E-state index contributed by atoms with van der Waals surface area (Å²) >= 11 is 0. The summed E-state index contributed by atoms with van der Waals surface area (Å²) in [5.41, 5.74) is 4.82. The van der Waals surface area contributed by atoms with Gasteiger partial charge in [0.05, 0.1) is 4.90 Å². The number of nitrogens with one attached hydrogen (secondary N) is 6. The van der Waals surface area contributed by atoms with E-state index in [1.165, 1.54) is 18.2 Å². The van der Waals surface area contributed by atoms with Gasteiger partial charge in [0.1, 0.15) is 10.1 Å². The number of hydrogen-bond donors (Lipinski definition) is 6. The number of benzene rings is 6.